The third-order valence-electron chi connectivity index (χ3n) is 5.41. The standard InChI is InChI=1S/C24H24Br2N6O4S/c1-30(2)8-6-27-22-13-29-23(14-28-22)31-7-5-16-9-19(3-4-21(16)31)32(15-24(33)34)37(35,36)20-11-17(25)10-18(26)12-20/h3-5,7,9-14H,6,8,15H2,1-2H3,(H,27,28)(H,33,34). The largest absolute Gasteiger partial charge is 0.480 e. The monoisotopic (exact) mass is 650 g/mol. The van der Waals surface area contributed by atoms with E-state index in [9.17, 15) is 18.3 Å². The number of nitrogens with zero attached hydrogens (tertiary/aromatic N) is 5. The van der Waals surface area contributed by atoms with Crippen molar-refractivity contribution in [3.8, 4) is 5.82 Å². The predicted octanol–water partition coefficient (Wildman–Crippen LogP) is 4.20. The van der Waals surface area contributed by atoms with E-state index >= 15 is 0 Å². The molecule has 0 fully saturated rings. The van der Waals surface area contributed by atoms with Gasteiger partial charge in [0.25, 0.3) is 10.0 Å². The lowest BCUT2D eigenvalue weighted by Gasteiger charge is -2.23. The zero-order valence-electron chi connectivity index (χ0n) is 20.0. The fourth-order valence-electron chi connectivity index (χ4n) is 3.67. The van der Waals surface area contributed by atoms with Crippen molar-refractivity contribution in [1.82, 2.24) is 19.4 Å². The summed E-state index contributed by atoms with van der Waals surface area (Å²) in [6.07, 6.45) is 5.11. The summed E-state index contributed by atoms with van der Waals surface area (Å²) in [5.74, 6) is -0.0159. The van der Waals surface area contributed by atoms with Crippen LogP contribution in [0.3, 0.4) is 0 Å². The quantitative estimate of drug-likeness (QED) is 0.262. The highest BCUT2D eigenvalue weighted by atomic mass is 79.9. The number of fused-ring (bicyclic) bond motifs is 1. The summed E-state index contributed by atoms with van der Waals surface area (Å²) in [6, 6.07) is 11.3. The topological polar surface area (TPSA) is 121 Å². The van der Waals surface area contributed by atoms with Gasteiger partial charge in [0.1, 0.15) is 12.4 Å². The smallest absolute Gasteiger partial charge is 0.324 e. The molecule has 37 heavy (non-hydrogen) atoms. The fourth-order valence-corrected chi connectivity index (χ4v) is 6.75. The first kappa shape index (κ1) is 27.0. The van der Waals surface area contributed by atoms with Crippen molar-refractivity contribution in [2.75, 3.05) is 43.4 Å². The van der Waals surface area contributed by atoms with E-state index in [1.807, 2.05) is 24.7 Å². The highest BCUT2D eigenvalue weighted by Crippen LogP contribution is 2.31. The Morgan fingerprint density at radius 2 is 1.78 bits per heavy atom. The second kappa shape index (κ2) is 11.2. The fraction of sp³-hybridized carbons (Fsp3) is 0.208. The van der Waals surface area contributed by atoms with Crippen molar-refractivity contribution in [2.24, 2.45) is 0 Å². The van der Waals surface area contributed by atoms with Crippen molar-refractivity contribution in [2.45, 2.75) is 4.90 Å². The van der Waals surface area contributed by atoms with Crippen LogP contribution in [-0.4, -0.2) is 72.7 Å². The molecule has 2 aromatic carbocycles. The molecule has 0 spiro atoms. The minimum atomic E-state index is -4.17. The molecule has 0 amide bonds. The lowest BCUT2D eigenvalue weighted by Crippen LogP contribution is -2.35. The third kappa shape index (κ3) is 6.29. The number of sulfonamides is 1. The third-order valence-corrected chi connectivity index (χ3v) is 8.08. The summed E-state index contributed by atoms with van der Waals surface area (Å²) in [4.78, 5) is 22.6. The van der Waals surface area contributed by atoms with Gasteiger partial charge in [-0.1, -0.05) is 31.9 Å². The SMILES string of the molecule is CN(C)CCNc1cnc(-n2ccc3cc(N(CC(=O)O)S(=O)(=O)c4cc(Br)cc(Br)c4)ccc32)cn1. The lowest BCUT2D eigenvalue weighted by atomic mass is 10.2. The molecule has 194 valence electrons. The number of anilines is 2. The number of likely N-dealkylation sites (N-methyl/N-ethyl adjacent to an activating group) is 1. The first-order valence-corrected chi connectivity index (χ1v) is 14.1. The second-order valence-electron chi connectivity index (χ2n) is 8.43. The summed E-state index contributed by atoms with van der Waals surface area (Å²) in [7, 11) is -0.183. The van der Waals surface area contributed by atoms with Crippen LogP contribution in [0.1, 0.15) is 0 Å². The number of halogens is 2. The Kier molecular flexibility index (Phi) is 8.17. The van der Waals surface area contributed by atoms with Gasteiger partial charge in [0.05, 0.1) is 28.5 Å². The molecule has 2 aromatic heterocycles. The number of carboxylic acid groups (broad SMARTS) is 1. The van der Waals surface area contributed by atoms with Crippen molar-refractivity contribution in [3.63, 3.8) is 0 Å². The van der Waals surface area contributed by atoms with E-state index in [2.05, 4.69) is 52.0 Å². The molecule has 0 saturated heterocycles. The number of hydrogen-bond donors (Lipinski definition) is 2. The number of benzene rings is 2. The highest BCUT2D eigenvalue weighted by molar-refractivity contribution is 9.11. The zero-order chi connectivity index (χ0) is 26.7. The van der Waals surface area contributed by atoms with Gasteiger partial charge in [0, 0.05) is 33.6 Å². The van der Waals surface area contributed by atoms with Crippen LogP contribution in [0.2, 0.25) is 0 Å². The van der Waals surface area contributed by atoms with E-state index in [1.54, 1.807) is 42.9 Å². The summed E-state index contributed by atoms with van der Waals surface area (Å²) in [5.41, 5.74) is 1.000. The molecule has 0 aliphatic heterocycles. The minimum Gasteiger partial charge on any atom is -0.480 e. The Hall–Kier alpha value is -3.00. The van der Waals surface area contributed by atoms with Gasteiger partial charge < -0.3 is 15.3 Å². The van der Waals surface area contributed by atoms with Crippen LogP contribution in [0, 0.1) is 0 Å². The molecule has 2 N–H and O–H groups in total. The van der Waals surface area contributed by atoms with Gasteiger partial charge >= 0.3 is 5.97 Å². The normalized spacial score (nSPS) is 11.7. The number of rotatable bonds is 10. The molecule has 10 nitrogen and oxygen atoms in total. The van der Waals surface area contributed by atoms with Crippen LogP contribution < -0.4 is 9.62 Å². The van der Waals surface area contributed by atoms with Gasteiger partial charge in [-0.05, 0) is 56.6 Å². The van der Waals surface area contributed by atoms with E-state index in [1.165, 1.54) is 12.1 Å². The molecule has 0 radical (unpaired) electrons. The molecule has 0 aliphatic rings. The predicted molar refractivity (Wildman–Crippen MR) is 150 cm³/mol. The average molecular weight is 652 g/mol. The van der Waals surface area contributed by atoms with Gasteiger partial charge in [-0.3, -0.25) is 13.7 Å². The van der Waals surface area contributed by atoms with E-state index in [-0.39, 0.29) is 10.6 Å². The molecular formula is C24H24Br2N6O4S. The van der Waals surface area contributed by atoms with Gasteiger partial charge in [-0.15, -0.1) is 0 Å². The Labute approximate surface area is 231 Å². The summed E-state index contributed by atoms with van der Waals surface area (Å²) < 4.78 is 30.7. The molecule has 13 heteroatoms. The molecule has 0 atom stereocenters. The Balaban J connectivity index is 1.66. The number of carbonyl (C=O) groups is 1. The molecule has 0 bridgehead atoms. The maximum atomic E-state index is 13.5. The first-order valence-electron chi connectivity index (χ1n) is 11.1. The summed E-state index contributed by atoms with van der Waals surface area (Å²) in [6.45, 7) is 0.872. The van der Waals surface area contributed by atoms with E-state index < -0.39 is 22.5 Å². The highest BCUT2D eigenvalue weighted by Gasteiger charge is 2.28. The van der Waals surface area contributed by atoms with Crippen molar-refractivity contribution >= 4 is 70.3 Å². The Bertz CT molecular complexity index is 1520. The minimum absolute atomic E-state index is 0.0396. The molecule has 0 saturated carbocycles. The zero-order valence-corrected chi connectivity index (χ0v) is 24.0. The van der Waals surface area contributed by atoms with Gasteiger partial charge in [-0.25, -0.2) is 18.4 Å². The van der Waals surface area contributed by atoms with Crippen LogP contribution >= 0.6 is 31.9 Å². The molecule has 4 rings (SSSR count). The van der Waals surface area contributed by atoms with Crippen molar-refractivity contribution in [3.05, 3.63) is 70.0 Å². The van der Waals surface area contributed by atoms with Crippen LogP contribution in [0.4, 0.5) is 11.5 Å². The molecular weight excluding hydrogens is 628 g/mol. The molecule has 2 heterocycles. The van der Waals surface area contributed by atoms with Crippen LogP contribution in [0.25, 0.3) is 16.7 Å². The summed E-state index contributed by atoms with van der Waals surface area (Å²) in [5, 5.41) is 13.4. The van der Waals surface area contributed by atoms with Crippen molar-refractivity contribution < 1.29 is 18.3 Å². The number of aliphatic carboxylic acids is 1. The second-order valence-corrected chi connectivity index (χ2v) is 12.1. The van der Waals surface area contributed by atoms with Gasteiger partial charge in [0.2, 0.25) is 0 Å². The first-order chi connectivity index (χ1) is 17.5. The number of carboxylic acids is 1. The maximum absolute atomic E-state index is 13.5. The van der Waals surface area contributed by atoms with Crippen LogP contribution in [-0.2, 0) is 14.8 Å². The van der Waals surface area contributed by atoms with E-state index in [0.717, 1.165) is 22.9 Å². The molecule has 4 aromatic rings. The Morgan fingerprint density at radius 1 is 1.05 bits per heavy atom. The maximum Gasteiger partial charge on any atom is 0.324 e. The van der Waals surface area contributed by atoms with Crippen LogP contribution in [0.5, 0.6) is 0 Å². The number of hydrogen-bond acceptors (Lipinski definition) is 7. The molecule has 0 unspecified atom stereocenters. The number of aromatic nitrogens is 3. The lowest BCUT2D eigenvalue weighted by molar-refractivity contribution is -0.135. The van der Waals surface area contributed by atoms with Crippen molar-refractivity contribution in [1.29, 1.82) is 0 Å². The van der Waals surface area contributed by atoms with E-state index in [4.69, 9.17) is 0 Å². The van der Waals surface area contributed by atoms with Gasteiger partial charge in [-0.2, -0.15) is 0 Å². The average Bonchev–Trinajstić information content (AvgIpc) is 3.25. The van der Waals surface area contributed by atoms with E-state index in [0.29, 0.717) is 26.0 Å². The van der Waals surface area contributed by atoms with Crippen LogP contribution in [0.15, 0.2) is 74.9 Å². The number of nitrogens with one attached hydrogen (secondary N) is 1. The Morgan fingerprint density at radius 3 is 2.41 bits per heavy atom. The summed E-state index contributed by atoms with van der Waals surface area (Å²) >= 11 is 6.59. The van der Waals surface area contributed by atoms with Gasteiger partial charge in [0.15, 0.2) is 5.82 Å². The molecule has 0 aliphatic carbocycles.